The van der Waals surface area contributed by atoms with Crippen LogP contribution in [0.25, 0.3) is 22.4 Å². The van der Waals surface area contributed by atoms with Gasteiger partial charge >= 0.3 is 0 Å². The highest BCUT2D eigenvalue weighted by Crippen LogP contribution is 2.41. The van der Waals surface area contributed by atoms with Crippen molar-refractivity contribution in [2.75, 3.05) is 19.0 Å². The third-order valence-corrected chi connectivity index (χ3v) is 7.65. The van der Waals surface area contributed by atoms with Crippen molar-refractivity contribution in [3.63, 3.8) is 0 Å². The highest BCUT2D eigenvalue weighted by molar-refractivity contribution is 6.39. The Balaban J connectivity index is 1.38. The maximum absolute atomic E-state index is 12.8. The van der Waals surface area contributed by atoms with Gasteiger partial charge in [-0.2, -0.15) is 5.10 Å². The second-order valence-corrected chi connectivity index (χ2v) is 10.4. The molecule has 3 N–H and O–H groups in total. The molecule has 1 atom stereocenters. The molecule has 2 aromatic heterocycles. The SMILES string of the molecule is COc1nc(-c2cccc(-c3cccc(NC(=O)c4ccnn(C)c4=O)c3Cl)c2Cl)cnc1CNC[C@@H]1CCC(=O)N1. The van der Waals surface area contributed by atoms with Crippen molar-refractivity contribution >= 4 is 40.7 Å². The number of hydrogen-bond acceptors (Lipinski definition) is 8. The van der Waals surface area contributed by atoms with Crippen LogP contribution in [0.15, 0.2) is 59.7 Å². The summed E-state index contributed by atoms with van der Waals surface area (Å²) >= 11 is 13.6. The molecule has 1 aliphatic heterocycles. The van der Waals surface area contributed by atoms with Crippen molar-refractivity contribution in [2.24, 2.45) is 7.05 Å². The normalized spacial score (nSPS) is 14.5. The quantitative estimate of drug-likeness (QED) is 0.261. The van der Waals surface area contributed by atoms with Gasteiger partial charge in [0.1, 0.15) is 11.3 Å². The summed E-state index contributed by atoms with van der Waals surface area (Å²) in [5.41, 5.74) is 2.63. The number of carbonyl (C=O) groups excluding carboxylic acids is 2. The molecule has 0 saturated carbocycles. The van der Waals surface area contributed by atoms with Gasteiger partial charge in [0.25, 0.3) is 11.5 Å². The van der Waals surface area contributed by atoms with Crippen molar-refractivity contribution < 1.29 is 14.3 Å². The minimum atomic E-state index is -0.609. The number of nitrogens with zero attached hydrogens (tertiary/aromatic N) is 4. The van der Waals surface area contributed by atoms with Crippen LogP contribution < -0.4 is 26.2 Å². The first kappa shape index (κ1) is 29.2. The number of anilines is 1. The molecule has 42 heavy (non-hydrogen) atoms. The Bertz CT molecular complexity index is 1730. The van der Waals surface area contributed by atoms with E-state index in [0.29, 0.717) is 64.2 Å². The zero-order valence-corrected chi connectivity index (χ0v) is 24.3. The second kappa shape index (κ2) is 12.7. The lowest BCUT2D eigenvalue weighted by Gasteiger charge is -2.15. The van der Waals surface area contributed by atoms with Crippen molar-refractivity contribution in [3.8, 4) is 28.3 Å². The van der Waals surface area contributed by atoms with Crippen LogP contribution in [-0.2, 0) is 18.4 Å². The number of rotatable bonds is 9. The first-order chi connectivity index (χ1) is 20.3. The Labute approximate surface area is 251 Å². The summed E-state index contributed by atoms with van der Waals surface area (Å²) in [6.45, 7) is 1.03. The molecule has 1 aliphatic rings. The van der Waals surface area contributed by atoms with Gasteiger partial charge in [-0.05, 0) is 18.6 Å². The summed E-state index contributed by atoms with van der Waals surface area (Å²) in [5, 5.41) is 13.4. The standard InChI is InChI=1S/C29H27Cl2N7O4/c1-38-29(41)20(11-12-34-38)27(40)36-21-8-4-6-18(26(21)31)17-5-3-7-19(25(17)30)22-15-33-23(28(37-22)42-2)14-32-13-16-9-10-24(39)35-16/h3-8,11-12,15-16,32H,9-10,13-14H2,1-2H3,(H,35,39)(H,36,40)/t16-/m0/s1. The first-order valence-electron chi connectivity index (χ1n) is 13.1. The topological polar surface area (TPSA) is 140 Å². The number of methoxy groups -OCH3 is 1. The maximum Gasteiger partial charge on any atom is 0.279 e. The molecule has 1 saturated heterocycles. The van der Waals surface area contributed by atoms with E-state index >= 15 is 0 Å². The molecule has 2 aromatic carbocycles. The van der Waals surface area contributed by atoms with Crippen LogP contribution in [0.4, 0.5) is 5.69 Å². The lowest BCUT2D eigenvalue weighted by Crippen LogP contribution is -2.35. The number of nitrogens with one attached hydrogen (secondary N) is 3. The first-order valence-corrected chi connectivity index (χ1v) is 13.8. The van der Waals surface area contributed by atoms with E-state index in [2.05, 4.69) is 31.0 Å². The molecule has 0 aliphatic carbocycles. The van der Waals surface area contributed by atoms with Gasteiger partial charge in [-0.25, -0.2) is 9.67 Å². The number of amides is 2. The predicted molar refractivity (Wildman–Crippen MR) is 160 cm³/mol. The minimum absolute atomic E-state index is 0.0644. The fourth-order valence-electron chi connectivity index (χ4n) is 4.65. The molecule has 5 rings (SSSR count). The zero-order chi connectivity index (χ0) is 29.8. The summed E-state index contributed by atoms with van der Waals surface area (Å²) in [4.78, 5) is 45.8. The Morgan fingerprint density at radius 1 is 1.10 bits per heavy atom. The fourth-order valence-corrected chi connectivity index (χ4v) is 5.25. The number of ether oxygens (including phenoxy) is 1. The van der Waals surface area contributed by atoms with Gasteiger partial charge in [-0.3, -0.25) is 19.4 Å². The van der Waals surface area contributed by atoms with E-state index < -0.39 is 11.5 Å². The molecule has 216 valence electrons. The average Bonchev–Trinajstić information content (AvgIpc) is 3.40. The van der Waals surface area contributed by atoms with Crippen molar-refractivity contribution in [3.05, 3.63) is 86.5 Å². The molecule has 1 fully saturated rings. The summed E-state index contributed by atoms with van der Waals surface area (Å²) < 4.78 is 6.59. The van der Waals surface area contributed by atoms with Crippen LogP contribution >= 0.6 is 23.2 Å². The van der Waals surface area contributed by atoms with Gasteiger partial charge in [0.05, 0.1) is 34.7 Å². The summed E-state index contributed by atoms with van der Waals surface area (Å²) in [7, 11) is 2.99. The molecule has 3 heterocycles. The van der Waals surface area contributed by atoms with Crippen LogP contribution in [0, 0.1) is 0 Å². The van der Waals surface area contributed by atoms with Gasteiger partial charge in [0.2, 0.25) is 11.8 Å². The number of halogens is 2. The van der Waals surface area contributed by atoms with Gasteiger partial charge in [0, 0.05) is 55.5 Å². The number of carbonyl (C=O) groups is 2. The molecule has 0 spiro atoms. The number of aryl methyl sites for hydroxylation is 1. The summed E-state index contributed by atoms with van der Waals surface area (Å²) in [6.07, 6.45) is 4.33. The van der Waals surface area contributed by atoms with Crippen molar-refractivity contribution in [1.82, 2.24) is 30.4 Å². The number of hydrogen-bond donors (Lipinski definition) is 3. The Morgan fingerprint density at radius 2 is 1.83 bits per heavy atom. The third kappa shape index (κ3) is 6.13. The van der Waals surface area contributed by atoms with Gasteiger partial charge < -0.3 is 20.7 Å². The fraction of sp³-hybridized carbons (Fsp3) is 0.241. The molecule has 0 unspecified atom stereocenters. The van der Waals surface area contributed by atoms with E-state index in [1.54, 1.807) is 24.4 Å². The molecule has 11 nitrogen and oxygen atoms in total. The summed E-state index contributed by atoms with van der Waals surface area (Å²) in [6, 6.07) is 12.0. The number of benzene rings is 2. The van der Waals surface area contributed by atoms with Crippen LogP contribution in [0.1, 0.15) is 28.9 Å². The molecule has 13 heteroatoms. The second-order valence-electron chi connectivity index (χ2n) is 9.61. The molecule has 4 aromatic rings. The predicted octanol–water partition coefficient (Wildman–Crippen LogP) is 3.84. The molecule has 0 radical (unpaired) electrons. The van der Waals surface area contributed by atoms with E-state index in [4.69, 9.17) is 27.9 Å². The molecular formula is C29H27Cl2N7O4. The summed E-state index contributed by atoms with van der Waals surface area (Å²) in [5.74, 6) is -0.193. The zero-order valence-electron chi connectivity index (χ0n) is 22.8. The Morgan fingerprint density at radius 3 is 2.57 bits per heavy atom. The number of aromatic nitrogens is 4. The van der Waals surface area contributed by atoms with Gasteiger partial charge in [0.15, 0.2) is 0 Å². The van der Waals surface area contributed by atoms with E-state index in [9.17, 15) is 14.4 Å². The molecule has 0 bridgehead atoms. The van der Waals surface area contributed by atoms with E-state index in [0.717, 1.165) is 11.1 Å². The lowest BCUT2D eigenvalue weighted by atomic mass is 10.0. The smallest absolute Gasteiger partial charge is 0.279 e. The average molecular weight is 608 g/mol. The van der Waals surface area contributed by atoms with E-state index in [-0.39, 0.29) is 22.5 Å². The maximum atomic E-state index is 12.8. The van der Waals surface area contributed by atoms with Crippen LogP contribution in [0.3, 0.4) is 0 Å². The van der Waals surface area contributed by atoms with E-state index in [1.165, 1.54) is 26.4 Å². The van der Waals surface area contributed by atoms with Crippen molar-refractivity contribution in [1.29, 1.82) is 0 Å². The monoisotopic (exact) mass is 607 g/mol. The van der Waals surface area contributed by atoms with Crippen LogP contribution in [0.5, 0.6) is 5.88 Å². The minimum Gasteiger partial charge on any atom is -0.480 e. The molecular weight excluding hydrogens is 581 g/mol. The largest absolute Gasteiger partial charge is 0.480 e. The molecule has 2 amide bonds. The van der Waals surface area contributed by atoms with Crippen LogP contribution in [-0.4, -0.2) is 51.3 Å². The van der Waals surface area contributed by atoms with Crippen LogP contribution in [0.2, 0.25) is 10.0 Å². The van der Waals surface area contributed by atoms with Crippen molar-refractivity contribution in [2.45, 2.75) is 25.4 Å². The highest BCUT2D eigenvalue weighted by atomic mass is 35.5. The third-order valence-electron chi connectivity index (χ3n) is 6.83. The van der Waals surface area contributed by atoms with Gasteiger partial charge in [-0.1, -0.05) is 53.5 Å². The van der Waals surface area contributed by atoms with Gasteiger partial charge in [-0.15, -0.1) is 0 Å². The Kier molecular flexibility index (Phi) is 8.81. The Hall–Kier alpha value is -4.32. The lowest BCUT2D eigenvalue weighted by molar-refractivity contribution is -0.119. The highest BCUT2D eigenvalue weighted by Gasteiger charge is 2.21. The van der Waals surface area contributed by atoms with E-state index in [1.807, 2.05) is 18.2 Å².